The topological polar surface area (TPSA) is 29.3 Å². The van der Waals surface area contributed by atoms with Crippen LogP contribution in [0, 0.1) is 23.2 Å². The molecular formula is C16H27F3N2. The quantitative estimate of drug-likeness (QED) is 0.843. The van der Waals surface area contributed by atoms with Gasteiger partial charge in [-0.3, -0.25) is 0 Å². The van der Waals surface area contributed by atoms with Gasteiger partial charge in [0, 0.05) is 19.1 Å². The second-order valence-corrected chi connectivity index (χ2v) is 8.01. The van der Waals surface area contributed by atoms with E-state index in [1.807, 2.05) is 0 Å². The van der Waals surface area contributed by atoms with E-state index in [0.717, 1.165) is 17.8 Å². The Morgan fingerprint density at radius 2 is 1.57 bits per heavy atom. The third kappa shape index (κ3) is 3.39. The molecule has 0 aliphatic heterocycles. The predicted molar refractivity (Wildman–Crippen MR) is 76.7 cm³/mol. The molecule has 0 aromatic rings. The van der Waals surface area contributed by atoms with E-state index in [1.54, 1.807) is 11.9 Å². The number of alkyl halides is 3. The van der Waals surface area contributed by atoms with Crippen LogP contribution in [0.2, 0.25) is 0 Å². The molecule has 2 nitrogen and oxygen atoms in total. The van der Waals surface area contributed by atoms with Crippen LogP contribution >= 0.6 is 0 Å². The molecule has 4 bridgehead atoms. The number of likely N-dealkylation sites (N-methyl/N-ethyl adjacent to an activating group) is 1. The van der Waals surface area contributed by atoms with E-state index in [0.29, 0.717) is 6.54 Å². The van der Waals surface area contributed by atoms with Gasteiger partial charge in [-0.05, 0) is 68.7 Å². The summed E-state index contributed by atoms with van der Waals surface area (Å²) in [6.45, 7) is 0.659. The predicted octanol–water partition coefficient (Wildman–Crippen LogP) is 3.41. The molecule has 0 heterocycles. The average Bonchev–Trinajstić information content (AvgIpc) is 2.34. The molecule has 5 heteroatoms. The van der Waals surface area contributed by atoms with E-state index in [-0.39, 0.29) is 18.0 Å². The Morgan fingerprint density at radius 3 is 2.00 bits per heavy atom. The first kappa shape index (κ1) is 15.6. The monoisotopic (exact) mass is 304 g/mol. The molecule has 4 fully saturated rings. The Bertz CT molecular complexity index is 345. The van der Waals surface area contributed by atoms with Gasteiger partial charge < -0.3 is 10.6 Å². The van der Waals surface area contributed by atoms with Crippen LogP contribution in [-0.4, -0.2) is 37.3 Å². The van der Waals surface area contributed by atoms with Crippen LogP contribution in [0.4, 0.5) is 13.2 Å². The highest BCUT2D eigenvalue weighted by Crippen LogP contribution is 2.61. The van der Waals surface area contributed by atoms with Crippen molar-refractivity contribution >= 4 is 0 Å². The summed E-state index contributed by atoms with van der Waals surface area (Å²) in [7, 11) is 1.77. The fourth-order valence-electron chi connectivity index (χ4n) is 5.57. The van der Waals surface area contributed by atoms with Gasteiger partial charge in [-0.25, -0.2) is 0 Å². The van der Waals surface area contributed by atoms with Gasteiger partial charge >= 0.3 is 6.18 Å². The van der Waals surface area contributed by atoms with Gasteiger partial charge in [0.05, 0.1) is 6.42 Å². The first-order valence-electron chi connectivity index (χ1n) is 8.27. The van der Waals surface area contributed by atoms with Crippen LogP contribution in [-0.2, 0) is 0 Å². The maximum Gasteiger partial charge on any atom is 0.390 e. The lowest BCUT2D eigenvalue weighted by atomic mass is 9.48. The van der Waals surface area contributed by atoms with Gasteiger partial charge in [0.15, 0.2) is 0 Å². The Morgan fingerprint density at radius 1 is 1.10 bits per heavy atom. The maximum absolute atomic E-state index is 12.3. The van der Waals surface area contributed by atoms with Crippen LogP contribution in [0.25, 0.3) is 0 Å². The highest BCUT2D eigenvalue weighted by atomic mass is 19.4. The van der Waals surface area contributed by atoms with Crippen molar-refractivity contribution in [3.8, 4) is 0 Å². The van der Waals surface area contributed by atoms with Crippen LogP contribution in [0.15, 0.2) is 0 Å². The minimum atomic E-state index is -4.07. The maximum atomic E-state index is 12.3. The minimum absolute atomic E-state index is 0.0316. The molecule has 0 spiro atoms. The highest BCUT2D eigenvalue weighted by Gasteiger charge is 2.53. The Balaban J connectivity index is 1.56. The van der Waals surface area contributed by atoms with E-state index in [1.165, 1.54) is 38.5 Å². The molecule has 4 saturated carbocycles. The normalized spacial score (nSPS) is 40.0. The zero-order valence-electron chi connectivity index (χ0n) is 12.8. The number of halogens is 3. The summed E-state index contributed by atoms with van der Waals surface area (Å²) < 4.78 is 36.9. The Labute approximate surface area is 125 Å². The molecule has 0 saturated heterocycles. The molecular weight excluding hydrogens is 277 g/mol. The smallest absolute Gasteiger partial charge is 0.326 e. The molecule has 4 aliphatic rings. The van der Waals surface area contributed by atoms with Crippen molar-refractivity contribution in [3.63, 3.8) is 0 Å². The third-order valence-electron chi connectivity index (χ3n) is 6.16. The number of hydrogen-bond acceptors (Lipinski definition) is 2. The second kappa shape index (κ2) is 5.41. The number of nitrogens with two attached hydrogens (primary N) is 1. The van der Waals surface area contributed by atoms with Crippen molar-refractivity contribution in [1.29, 1.82) is 0 Å². The molecule has 1 atom stereocenters. The van der Waals surface area contributed by atoms with E-state index >= 15 is 0 Å². The zero-order valence-corrected chi connectivity index (χ0v) is 12.8. The fourth-order valence-corrected chi connectivity index (χ4v) is 5.57. The first-order valence-corrected chi connectivity index (χ1v) is 8.27. The lowest BCUT2D eigenvalue weighted by molar-refractivity contribution is -0.138. The van der Waals surface area contributed by atoms with Crippen molar-refractivity contribution in [2.45, 2.75) is 57.2 Å². The molecule has 0 amide bonds. The molecule has 122 valence electrons. The van der Waals surface area contributed by atoms with E-state index in [9.17, 15) is 13.2 Å². The van der Waals surface area contributed by atoms with Gasteiger partial charge in [-0.2, -0.15) is 13.2 Å². The lowest BCUT2D eigenvalue weighted by Crippen LogP contribution is -2.57. The molecule has 2 N–H and O–H groups in total. The van der Waals surface area contributed by atoms with Gasteiger partial charge in [-0.1, -0.05) is 0 Å². The molecule has 0 aromatic heterocycles. The molecule has 0 aromatic carbocycles. The van der Waals surface area contributed by atoms with Crippen molar-refractivity contribution in [2.75, 3.05) is 20.1 Å². The summed E-state index contributed by atoms with van der Waals surface area (Å²) >= 11 is 0. The van der Waals surface area contributed by atoms with Gasteiger partial charge in [0.2, 0.25) is 0 Å². The highest BCUT2D eigenvalue weighted by molar-refractivity contribution is 5.05. The molecule has 0 radical (unpaired) electrons. The summed E-state index contributed by atoms with van der Waals surface area (Å²) in [5.74, 6) is 2.51. The van der Waals surface area contributed by atoms with Crippen molar-refractivity contribution in [1.82, 2.24) is 4.90 Å². The van der Waals surface area contributed by atoms with Crippen molar-refractivity contribution in [3.05, 3.63) is 0 Å². The summed E-state index contributed by atoms with van der Waals surface area (Å²) in [6, 6.07) is 0.0316. The fraction of sp³-hybridized carbons (Fsp3) is 1.00. The Kier molecular flexibility index (Phi) is 4.02. The van der Waals surface area contributed by atoms with Crippen LogP contribution in [0.5, 0.6) is 0 Å². The first-order chi connectivity index (χ1) is 9.76. The molecule has 4 aliphatic carbocycles. The van der Waals surface area contributed by atoms with E-state index in [4.69, 9.17) is 5.73 Å². The zero-order chi connectivity index (χ0) is 15.3. The van der Waals surface area contributed by atoms with Gasteiger partial charge in [-0.15, -0.1) is 0 Å². The minimum Gasteiger partial charge on any atom is -0.326 e. The summed E-state index contributed by atoms with van der Waals surface area (Å²) in [4.78, 5) is 1.77. The van der Waals surface area contributed by atoms with Crippen LogP contribution in [0.1, 0.15) is 44.9 Å². The summed E-state index contributed by atoms with van der Waals surface area (Å²) in [5.41, 5.74) is 6.71. The SMILES string of the molecule is CN(CCC(F)(F)F)CC(N)C12CC3CC(CC(C3)C1)C2. The number of rotatable bonds is 5. The van der Waals surface area contributed by atoms with Crippen molar-refractivity contribution < 1.29 is 13.2 Å². The second-order valence-electron chi connectivity index (χ2n) is 8.01. The van der Waals surface area contributed by atoms with Crippen LogP contribution in [0.3, 0.4) is 0 Å². The summed E-state index contributed by atoms with van der Waals surface area (Å²) in [5, 5.41) is 0. The largest absolute Gasteiger partial charge is 0.390 e. The van der Waals surface area contributed by atoms with Gasteiger partial charge in [0.1, 0.15) is 0 Å². The number of nitrogens with zero attached hydrogens (tertiary/aromatic N) is 1. The van der Waals surface area contributed by atoms with Gasteiger partial charge in [0.25, 0.3) is 0 Å². The Hall–Kier alpha value is -0.290. The summed E-state index contributed by atoms with van der Waals surface area (Å²) in [6.07, 6.45) is 2.95. The molecule has 4 rings (SSSR count). The third-order valence-corrected chi connectivity index (χ3v) is 6.16. The van der Waals surface area contributed by atoms with Crippen molar-refractivity contribution in [2.24, 2.45) is 28.9 Å². The van der Waals surface area contributed by atoms with E-state index < -0.39 is 12.6 Å². The van der Waals surface area contributed by atoms with E-state index in [2.05, 4.69) is 0 Å². The van der Waals surface area contributed by atoms with Crippen LogP contribution < -0.4 is 5.73 Å². The average molecular weight is 304 g/mol. The standard InChI is InChI=1S/C16H27F3N2/c1-21(3-2-16(17,18)19)10-14(20)15-7-11-4-12(8-15)6-13(5-11)9-15/h11-14H,2-10,20H2,1H3. The number of hydrogen-bond donors (Lipinski definition) is 1. The molecule has 1 unspecified atom stereocenters. The molecule has 21 heavy (non-hydrogen) atoms. The lowest BCUT2D eigenvalue weighted by Gasteiger charge is -2.59.